The molecule has 2 aliphatic rings. The second-order valence-electron chi connectivity index (χ2n) is 6.79. The van der Waals surface area contributed by atoms with Gasteiger partial charge >= 0.3 is 0 Å². The number of nitrogens with two attached hydrogens (primary N) is 1. The third-order valence-electron chi connectivity index (χ3n) is 5.20. The molecule has 0 aromatic carbocycles. The van der Waals surface area contributed by atoms with E-state index in [1.54, 1.807) is 0 Å². The van der Waals surface area contributed by atoms with Crippen molar-refractivity contribution in [3.8, 4) is 0 Å². The van der Waals surface area contributed by atoms with E-state index in [9.17, 15) is 0 Å². The molecule has 2 fully saturated rings. The number of rotatable bonds is 7. The first kappa shape index (κ1) is 15.3. The van der Waals surface area contributed by atoms with Crippen LogP contribution in [-0.4, -0.2) is 41.8 Å². The van der Waals surface area contributed by atoms with Crippen LogP contribution in [0.3, 0.4) is 0 Å². The molecule has 3 nitrogen and oxygen atoms in total. The average Bonchev–Trinajstić information content (AvgIpc) is 3.24. The standard InChI is InChI=1S/C16H32N2O/c1-4-6-10-18(14-7-8-14)16(13-17)9-11-19-15(3,5-2)12-16/h14H,4-13,17H2,1-3H3. The van der Waals surface area contributed by atoms with Gasteiger partial charge in [0.25, 0.3) is 0 Å². The molecule has 2 N–H and O–H groups in total. The van der Waals surface area contributed by atoms with Crippen molar-refractivity contribution in [2.45, 2.75) is 82.9 Å². The summed E-state index contributed by atoms with van der Waals surface area (Å²) < 4.78 is 6.04. The molecule has 1 saturated carbocycles. The number of hydrogen-bond donors (Lipinski definition) is 1. The molecule has 0 aromatic rings. The van der Waals surface area contributed by atoms with Crippen LogP contribution in [0.4, 0.5) is 0 Å². The Kier molecular flexibility index (Phi) is 4.91. The zero-order chi connectivity index (χ0) is 13.9. The average molecular weight is 268 g/mol. The molecule has 2 unspecified atom stereocenters. The number of unbranched alkanes of at least 4 members (excludes halogenated alkanes) is 1. The molecule has 1 heterocycles. The zero-order valence-corrected chi connectivity index (χ0v) is 13.1. The van der Waals surface area contributed by atoms with Gasteiger partial charge in [0, 0.05) is 24.7 Å². The van der Waals surface area contributed by atoms with Crippen LogP contribution in [-0.2, 0) is 4.74 Å². The summed E-state index contributed by atoms with van der Waals surface area (Å²) >= 11 is 0. The highest BCUT2D eigenvalue weighted by atomic mass is 16.5. The van der Waals surface area contributed by atoms with Gasteiger partial charge in [0.15, 0.2) is 0 Å². The lowest BCUT2D eigenvalue weighted by molar-refractivity contribution is -0.131. The molecule has 0 bridgehead atoms. The first-order valence-electron chi connectivity index (χ1n) is 8.20. The fourth-order valence-corrected chi connectivity index (χ4v) is 3.61. The van der Waals surface area contributed by atoms with Crippen LogP contribution in [0.2, 0.25) is 0 Å². The minimum absolute atomic E-state index is 0.0248. The summed E-state index contributed by atoms with van der Waals surface area (Å²) in [5, 5.41) is 0. The quantitative estimate of drug-likeness (QED) is 0.771. The summed E-state index contributed by atoms with van der Waals surface area (Å²) in [4.78, 5) is 2.76. The van der Waals surface area contributed by atoms with E-state index < -0.39 is 0 Å². The van der Waals surface area contributed by atoms with Crippen molar-refractivity contribution in [3.05, 3.63) is 0 Å². The predicted octanol–water partition coefficient (Wildman–Crippen LogP) is 2.93. The third kappa shape index (κ3) is 3.32. The molecule has 0 radical (unpaired) electrons. The van der Waals surface area contributed by atoms with Gasteiger partial charge in [-0.3, -0.25) is 4.90 Å². The number of hydrogen-bond acceptors (Lipinski definition) is 3. The Labute approximate surface area is 118 Å². The maximum atomic E-state index is 6.26. The molecule has 2 atom stereocenters. The highest BCUT2D eigenvalue weighted by Crippen LogP contribution is 2.43. The highest BCUT2D eigenvalue weighted by Gasteiger charge is 2.48. The minimum atomic E-state index is 0.0248. The van der Waals surface area contributed by atoms with Gasteiger partial charge in [-0.25, -0.2) is 0 Å². The van der Waals surface area contributed by atoms with Crippen LogP contribution in [0.25, 0.3) is 0 Å². The maximum absolute atomic E-state index is 6.26. The smallest absolute Gasteiger partial charge is 0.0670 e. The molecular weight excluding hydrogens is 236 g/mol. The van der Waals surface area contributed by atoms with Gasteiger partial charge in [-0.05, 0) is 52.0 Å². The number of nitrogens with zero attached hydrogens (tertiary/aromatic N) is 1. The fraction of sp³-hybridized carbons (Fsp3) is 1.00. The van der Waals surface area contributed by atoms with Crippen LogP contribution < -0.4 is 5.73 Å². The van der Waals surface area contributed by atoms with Crippen molar-refractivity contribution in [1.82, 2.24) is 4.90 Å². The summed E-state index contributed by atoms with van der Waals surface area (Å²) in [5.74, 6) is 0. The monoisotopic (exact) mass is 268 g/mol. The van der Waals surface area contributed by atoms with Crippen molar-refractivity contribution in [2.75, 3.05) is 19.7 Å². The first-order valence-corrected chi connectivity index (χ1v) is 8.20. The Morgan fingerprint density at radius 1 is 1.32 bits per heavy atom. The SMILES string of the molecule is CCCCN(C1CC1)C1(CN)CCOC(C)(CC)C1. The van der Waals surface area contributed by atoms with Gasteiger partial charge in [0.05, 0.1) is 5.60 Å². The van der Waals surface area contributed by atoms with Crippen molar-refractivity contribution in [3.63, 3.8) is 0 Å². The molecule has 2 rings (SSSR count). The molecule has 1 saturated heterocycles. The van der Waals surface area contributed by atoms with Gasteiger partial charge < -0.3 is 10.5 Å². The van der Waals surface area contributed by atoms with E-state index in [0.717, 1.165) is 38.5 Å². The Bertz CT molecular complexity index is 292. The lowest BCUT2D eigenvalue weighted by atomic mass is 9.77. The van der Waals surface area contributed by atoms with Crippen LogP contribution in [0, 0.1) is 0 Å². The van der Waals surface area contributed by atoms with Gasteiger partial charge in [-0.15, -0.1) is 0 Å². The molecule has 0 amide bonds. The molecule has 1 aliphatic heterocycles. The van der Waals surface area contributed by atoms with Crippen LogP contribution in [0.1, 0.15) is 65.7 Å². The van der Waals surface area contributed by atoms with Crippen molar-refractivity contribution >= 4 is 0 Å². The van der Waals surface area contributed by atoms with E-state index in [2.05, 4.69) is 25.7 Å². The largest absolute Gasteiger partial charge is 0.375 e. The number of ether oxygens (including phenoxy) is 1. The van der Waals surface area contributed by atoms with E-state index in [-0.39, 0.29) is 11.1 Å². The fourth-order valence-electron chi connectivity index (χ4n) is 3.61. The summed E-state index contributed by atoms with van der Waals surface area (Å²) in [6.45, 7) is 9.66. The van der Waals surface area contributed by atoms with E-state index in [1.807, 2.05) is 0 Å². The molecule has 112 valence electrons. The van der Waals surface area contributed by atoms with E-state index in [1.165, 1.54) is 32.2 Å². The summed E-state index contributed by atoms with van der Waals surface area (Å²) in [5.41, 5.74) is 6.47. The summed E-state index contributed by atoms with van der Waals surface area (Å²) in [6.07, 6.45) is 8.60. The van der Waals surface area contributed by atoms with Crippen molar-refractivity contribution in [1.29, 1.82) is 0 Å². The van der Waals surface area contributed by atoms with Crippen LogP contribution in [0.5, 0.6) is 0 Å². The normalized spacial score (nSPS) is 35.8. The van der Waals surface area contributed by atoms with Crippen LogP contribution >= 0.6 is 0 Å². The lowest BCUT2D eigenvalue weighted by Crippen LogP contribution is -2.61. The third-order valence-corrected chi connectivity index (χ3v) is 5.20. The predicted molar refractivity (Wildman–Crippen MR) is 80.3 cm³/mol. The molecule has 0 aromatic heterocycles. The minimum Gasteiger partial charge on any atom is -0.375 e. The summed E-state index contributed by atoms with van der Waals surface area (Å²) in [6, 6.07) is 0.800. The van der Waals surface area contributed by atoms with Gasteiger partial charge in [0.2, 0.25) is 0 Å². The van der Waals surface area contributed by atoms with Gasteiger partial charge in [-0.1, -0.05) is 20.3 Å². The molecule has 3 heteroatoms. The van der Waals surface area contributed by atoms with E-state index in [0.29, 0.717) is 0 Å². The van der Waals surface area contributed by atoms with Crippen molar-refractivity contribution < 1.29 is 4.74 Å². The highest BCUT2D eigenvalue weighted by molar-refractivity contribution is 5.04. The van der Waals surface area contributed by atoms with Crippen molar-refractivity contribution in [2.24, 2.45) is 5.73 Å². The molecular formula is C16H32N2O. The Morgan fingerprint density at radius 3 is 2.58 bits per heavy atom. The summed E-state index contributed by atoms with van der Waals surface area (Å²) in [7, 11) is 0. The van der Waals surface area contributed by atoms with E-state index in [4.69, 9.17) is 10.5 Å². The van der Waals surface area contributed by atoms with Gasteiger partial charge in [0.1, 0.15) is 0 Å². The second-order valence-corrected chi connectivity index (χ2v) is 6.79. The zero-order valence-electron chi connectivity index (χ0n) is 13.1. The Balaban J connectivity index is 2.13. The first-order chi connectivity index (χ1) is 9.09. The molecule has 0 spiro atoms. The Hall–Kier alpha value is -0.120. The maximum Gasteiger partial charge on any atom is 0.0670 e. The van der Waals surface area contributed by atoms with Gasteiger partial charge in [-0.2, -0.15) is 0 Å². The van der Waals surface area contributed by atoms with Crippen LogP contribution in [0.15, 0.2) is 0 Å². The van der Waals surface area contributed by atoms with E-state index >= 15 is 0 Å². The lowest BCUT2D eigenvalue weighted by Gasteiger charge is -2.52. The second kappa shape index (κ2) is 6.11. The molecule has 1 aliphatic carbocycles. The Morgan fingerprint density at radius 2 is 2.05 bits per heavy atom. The topological polar surface area (TPSA) is 38.5 Å². The molecule has 19 heavy (non-hydrogen) atoms.